The number of para-hydroxylation sites is 1. The second kappa shape index (κ2) is 4.68. The van der Waals surface area contributed by atoms with Gasteiger partial charge >= 0.3 is 0 Å². The molecule has 1 saturated heterocycles. The van der Waals surface area contributed by atoms with Crippen molar-refractivity contribution in [2.75, 3.05) is 23.7 Å². The summed E-state index contributed by atoms with van der Waals surface area (Å²) in [5, 5.41) is 9.35. The van der Waals surface area contributed by atoms with Crippen molar-refractivity contribution in [2.24, 2.45) is 0 Å². The molecule has 1 heterocycles. The summed E-state index contributed by atoms with van der Waals surface area (Å²) in [7, 11) is 0. The van der Waals surface area contributed by atoms with Crippen LogP contribution in [0.4, 0.5) is 5.69 Å². The lowest BCUT2D eigenvalue weighted by Gasteiger charge is -2.39. The maximum absolute atomic E-state index is 9.35. The van der Waals surface area contributed by atoms with E-state index in [2.05, 4.69) is 24.8 Å². The third-order valence-corrected chi connectivity index (χ3v) is 4.23. The summed E-state index contributed by atoms with van der Waals surface area (Å²) >= 11 is 2.03. The van der Waals surface area contributed by atoms with Gasteiger partial charge < -0.3 is 10.0 Å². The van der Waals surface area contributed by atoms with E-state index in [1.54, 1.807) is 0 Å². The lowest BCUT2D eigenvalue weighted by atomic mass is 10.1. The fourth-order valence-corrected chi connectivity index (χ4v) is 3.29. The van der Waals surface area contributed by atoms with Crippen LogP contribution in [0, 0.1) is 0 Å². The minimum atomic E-state index is 0.125. The van der Waals surface area contributed by atoms with Gasteiger partial charge in [-0.15, -0.1) is 0 Å². The molecule has 16 heavy (non-hydrogen) atoms. The third kappa shape index (κ3) is 2.53. The number of aliphatic hydroxyl groups excluding tert-OH is 1. The second-order valence-corrected chi connectivity index (χ2v) is 6.62. The van der Waals surface area contributed by atoms with Crippen molar-refractivity contribution in [3.8, 4) is 0 Å². The van der Waals surface area contributed by atoms with Gasteiger partial charge in [0.15, 0.2) is 0 Å². The Morgan fingerprint density at radius 2 is 2.12 bits per heavy atom. The molecule has 1 aromatic rings. The van der Waals surface area contributed by atoms with Crippen LogP contribution < -0.4 is 4.90 Å². The first-order chi connectivity index (χ1) is 7.62. The molecule has 0 saturated carbocycles. The highest BCUT2D eigenvalue weighted by Gasteiger charge is 2.27. The number of rotatable bonds is 2. The fourth-order valence-electron chi connectivity index (χ4n) is 2.18. The molecule has 3 heteroatoms. The van der Waals surface area contributed by atoms with Crippen LogP contribution in [0.25, 0.3) is 0 Å². The van der Waals surface area contributed by atoms with Gasteiger partial charge in [-0.25, -0.2) is 0 Å². The molecule has 1 aromatic carbocycles. The summed E-state index contributed by atoms with van der Waals surface area (Å²) in [5.74, 6) is 1.16. The Hall–Kier alpha value is -0.670. The summed E-state index contributed by atoms with van der Waals surface area (Å²) < 4.78 is 0.306. The summed E-state index contributed by atoms with van der Waals surface area (Å²) in [6.07, 6.45) is 0. The normalized spacial score (nSPS) is 19.8. The van der Waals surface area contributed by atoms with Crippen LogP contribution in [-0.4, -0.2) is 28.7 Å². The quantitative estimate of drug-likeness (QED) is 0.855. The molecular formula is C13H19NOS. The first-order valence-corrected chi connectivity index (χ1v) is 6.69. The molecule has 88 valence electrons. The molecule has 2 rings (SSSR count). The van der Waals surface area contributed by atoms with Crippen LogP contribution in [0.5, 0.6) is 0 Å². The highest BCUT2D eigenvalue weighted by atomic mass is 32.2. The largest absolute Gasteiger partial charge is 0.392 e. The Labute approximate surface area is 102 Å². The highest BCUT2D eigenvalue weighted by molar-refractivity contribution is 8.00. The van der Waals surface area contributed by atoms with Crippen molar-refractivity contribution in [3.63, 3.8) is 0 Å². The van der Waals surface area contributed by atoms with Crippen LogP contribution in [0.3, 0.4) is 0 Å². The van der Waals surface area contributed by atoms with Crippen molar-refractivity contribution in [2.45, 2.75) is 25.2 Å². The number of benzene rings is 1. The molecule has 0 aliphatic carbocycles. The van der Waals surface area contributed by atoms with E-state index in [0.717, 1.165) is 24.4 Å². The minimum Gasteiger partial charge on any atom is -0.392 e. The van der Waals surface area contributed by atoms with Gasteiger partial charge in [-0.3, -0.25) is 0 Å². The molecule has 1 aliphatic heterocycles. The summed E-state index contributed by atoms with van der Waals surface area (Å²) in [6, 6.07) is 8.14. The van der Waals surface area contributed by atoms with E-state index < -0.39 is 0 Å². The van der Waals surface area contributed by atoms with Gasteiger partial charge in [0.05, 0.1) is 6.61 Å². The maximum Gasteiger partial charge on any atom is 0.0702 e. The number of hydrogen-bond donors (Lipinski definition) is 1. The van der Waals surface area contributed by atoms with E-state index in [9.17, 15) is 5.11 Å². The first kappa shape index (κ1) is 11.8. The van der Waals surface area contributed by atoms with Crippen LogP contribution in [-0.2, 0) is 6.61 Å². The Morgan fingerprint density at radius 3 is 2.81 bits per heavy atom. The van der Waals surface area contributed by atoms with Gasteiger partial charge in [0.2, 0.25) is 0 Å². The lowest BCUT2D eigenvalue weighted by molar-refractivity contribution is 0.282. The highest BCUT2D eigenvalue weighted by Crippen LogP contribution is 2.33. The average Bonchev–Trinajstić information content (AvgIpc) is 2.27. The second-order valence-electron chi connectivity index (χ2n) is 4.82. The zero-order valence-electron chi connectivity index (χ0n) is 9.94. The first-order valence-electron chi connectivity index (χ1n) is 5.70. The standard InChI is InChI=1S/C13H19NOS/c1-13(2)10-14(7-8-16-13)12-6-4-3-5-11(12)9-15/h3-6,15H,7-10H2,1-2H3. The van der Waals surface area contributed by atoms with Crippen molar-refractivity contribution in [1.29, 1.82) is 0 Å². The Balaban J connectivity index is 2.23. The molecule has 1 N–H and O–H groups in total. The molecule has 0 bridgehead atoms. The maximum atomic E-state index is 9.35. The van der Waals surface area contributed by atoms with Gasteiger partial charge in [-0.1, -0.05) is 18.2 Å². The SMILES string of the molecule is CC1(C)CN(c2ccccc2CO)CCS1. The molecule has 0 amide bonds. The number of thioether (sulfide) groups is 1. The lowest BCUT2D eigenvalue weighted by Crippen LogP contribution is -2.43. The number of aliphatic hydroxyl groups is 1. The predicted octanol–water partition coefficient (Wildman–Crippen LogP) is 2.51. The average molecular weight is 237 g/mol. The Bertz CT molecular complexity index is 365. The van der Waals surface area contributed by atoms with E-state index in [0.29, 0.717) is 4.75 Å². The summed E-state index contributed by atoms with van der Waals surface area (Å²) in [6.45, 7) is 6.82. The summed E-state index contributed by atoms with van der Waals surface area (Å²) in [5.41, 5.74) is 2.23. The molecular weight excluding hydrogens is 218 g/mol. The van der Waals surface area contributed by atoms with Crippen molar-refractivity contribution in [3.05, 3.63) is 29.8 Å². The van der Waals surface area contributed by atoms with Crippen molar-refractivity contribution >= 4 is 17.4 Å². The molecule has 1 aliphatic rings. The summed E-state index contributed by atoms with van der Waals surface area (Å²) in [4.78, 5) is 2.39. The Morgan fingerprint density at radius 1 is 1.38 bits per heavy atom. The molecule has 0 atom stereocenters. The van der Waals surface area contributed by atoms with E-state index in [1.807, 2.05) is 30.0 Å². The predicted molar refractivity (Wildman–Crippen MR) is 71.1 cm³/mol. The van der Waals surface area contributed by atoms with Crippen LogP contribution >= 0.6 is 11.8 Å². The van der Waals surface area contributed by atoms with Gasteiger partial charge in [-0.05, 0) is 19.9 Å². The number of hydrogen-bond acceptors (Lipinski definition) is 3. The van der Waals surface area contributed by atoms with E-state index in [1.165, 1.54) is 5.69 Å². The zero-order valence-corrected chi connectivity index (χ0v) is 10.8. The molecule has 0 aromatic heterocycles. The molecule has 0 radical (unpaired) electrons. The monoisotopic (exact) mass is 237 g/mol. The molecule has 2 nitrogen and oxygen atoms in total. The van der Waals surface area contributed by atoms with Crippen molar-refractivity contribution < 1.29 is 5.11 Å². The van der Waals surface area contributed by atoms with Crippen LogP contribution in [0.15, 0.2) is 24.3 Å². The number of anilines is 1. The third-order valence-electron chi connectivity index (χ3n) is 2.93. The number of nitrogens with zero attached hydrogens (tertiary/aromatic N) is 1. The van der Waals surface area contributed by atoms with Gasteiger partial charge in [0.1, 0.15) is 0 Å². The smallest absolute Gasteiger partial charge is 0.0702 e. The van der Waals surface area contributed by atoms with Gasteiger partial charge in [-0.2, -0.15) is 11.8 Å². The molecule has 0 unspecified atom stereocenters. The van der Waals surface area contributed by atoms with Crippen LogP contribution in [0.2, 0.25) is 0 Å². The van der Waals surface area contributed by atoms with Crippen LogP contribution in [0.1, 0.15) is 19.4 Å². The van der Waals surface area contributed by atoms with Crippen molar-refractivity contribution in [1.82, 2.24) is 0 Å². The minimum absolute atomic E-state index is 0.125. The zero-order chi connectivity index (χ0) is 11.6. The van der Waals surface area contributed by atoms with Gasteiger partial charge in [0.25, 0.3) is 0 Å². The van der Waals surface area contributed by atoms with E-state index >= 15 is 0 Å². The van der Waals surface area contributed by atoms with Gasteiger partial charge in [0, 0.05) is 34.8 Å². The fraction of sp³-hybridized carbons (Fsp3) is 0.538. The van der Waals surface area contributed by atoms with E-state index in [4.69, 9.17) is 0 Å². The van der Waals surface area contributed by atoms with E-state index in [-0.39, 0.29) is 6.61 Å². The Kier molecular flexibility index (Phi) is 3.45. The topological polar surface area (TPSA) is 23.5 Å². The molecule has 1 fully saturated rings. The molecule has 0 spiro atoms.